The average molecular weight is 184 g/mol. The number of nitrogens with zero attached hydrogens (tertiary/aromatic N) is 2. The molecular formula is C7H10N3O3+. The minimum absolute atomic E-state index is 0.0874. The zero-order valence-electron chi connectivity index (χ0n) is 7.40. The number of hydrogen-bond donors (Lipinski definition) is 1. The van der Waals surface area contributed by atoms with Crippen molar-refractivity contribution in [1.82, 2.24) is 5.27 Å². The van der Waals surface area contributed by atoms with Crippen molar-refractivity contribution in [3.05, 3.63) is 5.69 Å². The minimum atomic E-state index is -0.303. The fourth-order valence-corrected chi connectivity index (χ4v) is 0.887. The van der Waals surface area contributed by atoms with Gasteiger partial charge in [0.2, 0.25) is 17.5 Å². The third kappa shape index (κ3) is 1.90. The predicted octanol–water partition coefficient (Wildman–Crippen LogP) is -0.247. The molecule has 0 radical (unpaired) electrons. The molecule has 0 bridgehead atoms. The number of aromatic nitrogens is 2. The Morgan fingerprint density at radius 1 is 1.77 bits per heavy atom. The van der Waals surface area contributed by atoms with E-state index in [1.807, 2.05) is 6.92 Å². The minimum Gasteiger partial charge on any atom is -0.291 e. The summed E-state index contributed by atoms with van der Waals surface area (Å²) in [6.45, 7) is 3.65. The highest BCUT2D eigenvalue weighted by atomic mass is 16.5. The molecule has 1 amide bonds. The van der Waals surface area contributed by atoms with Gasteiger partial charge in [-0.15, -0.1) is 0 Å². The quantitative estimate of drug-likeness (QED) is 0.519. The summed E-state index contributed by atoms with van der Waals surface area (Å²) in [6, 6.07) is 0. The Hall–Kier alpha value is -1.72. The number of amides is 1. The van der Waals surface area contributed by atoms with E-state index < -0.39 is 0 Å². The van der Waals surface area contributed by atoms with Crippen LogP contribution in [0.1, 0.15) is 24.3 Å². The highest BCUT2D eigenvalue weighted by Crippen LogP contribution is 2.06. The van der Waals surface area contributed by atoms with E-state index in [0.29, 0.717) is 12.8 Å². The van der Waals surface area contributed by atoms with Gasteiger partial charge in [-0.2, -0.15) is 0 Å². The van der Waals surface area contributed by atoms with Gasteiger partial charge < -0.3 is 0 Å². The Bertz CT molecular complexity index is 332. The van der Waals surface area contributed by atoms with Gasteiger partial charge in [0.1, 0.15) is 0 Å². The molecule has 1 heterocycles. The second-order valence-electron chi connectivity index (χ2n) is 2.40. The molecule has 0 aliphatic heterocycles. The van der Waals surface area contributed by atoms with Crippen LogP contribution >= 0.6 is 0 Å². The lowest BCUT2D eigenvalue weighted by molar-refractivity contribution is -0.760. The summed E-state index contributed by atoms with van der Waals surface area (Å²) in [7, 11) is 0. The number of hydrogen-bond acceptors (Lipinski definition) is 4. The fraction of sp³-hybridized carbons (Fsp3) is 0.429. The maximum absolute atomic E-state index is 10.7. The van der Waals surface area contributed by atoms with E-state index >= 15 is 0 Å². The summed E-state index contributed by atoms with van der Waals surface area (Å²) < 4.78 is 6.10. The van der Waals surface area contributed by atoms with Crippen molar-refractivity contribution in [2.45, 2.75) is 20.4 Å². The molecule has 1 aromatic heterocycles. The SMILES string of the molecule is CC[n+]1noc(NC(C)=O)c1C=O. The summed E-state index contributed by atoms with van der Waals surface area (Å²) in [5.41, 5.74) is 0.234. The molecular weight excluding hydrogens is 174 g/mol. The van der Waals surface area contributed by atoms with Crippen LogP contribution in [-0.2, 0) is 11.3 Å². The van der Waals surface area contributed by atoms with Gasteiger partial charge in [-0.1, -0.05) is 0 Å². The van der Waals surface area contributed by atoms with Crippen LogP contribution in [-0.4, -0.2) is 17.5 Å². The molecule has 0 aliphatic carbocycles. The second kappa shape index (κ2) is 3.79. The molecule has 0 saturated carbocycles. The summed E-state index contributed by atoms with van der Waals surface area (Å²) in [5.74, 6) is -0.216. The molecule has 1 N–H and O–H groups in total. The largest absolute Gasteiger partial charge is 0.337 e. The fourth-order valence-electron chi connectivity index (χ4n) is 0.887. The van der Waals surface area contributed by atoms with Crippen LogP contribution in [0.5, 0.6) is 0 Å². The Labute approximate surface area is 74.5 Å². The highest BCUT2D eigenvalue weighted by Gasteiger charge is 2.22. The summed E-state index contributed by atoms with van der Waals surface area (Å²) in [6.07, 6.45) is 0.589. The van der Waals surface area contributed by atoms with Gasteiger partial charge in [0, 0.05) is 6.92 Å². The molecule has 0 aliphatic rings. The number of carbonyl (C=O) groups excluding carboxylic acids is 2. The molecule has 13 heavy (non-hydrogen) atoms. The van der Waals surface area contributed by atoms with Crippen molar-refractivity contribution in [1.29, 1.82) is 0 Å². The van der Waals surface area contributed by atoms with Crippen LogP contribution in [0.4, 0.5) is 5.88 Å². The molecule has 1 aromatic rings. The van der Waals surface area contributed by atoms with Gasteiger partial charge in [-0.05, 0) is 11.6 Å². The second-order valence-corrected chi connectivity index (χ2v) is 2.40. The first-order chi connectivity index (χ1) is 6.19. The van der Waals surface area contributed by atoms with Crippen molar-refractivity contribution in [2.24, 2.45) is 0 Å². The Balaban J connectivity index is 3.00. The van der Waals surface area contributed by atoms with Gasteiger partial charge in [-0.25, -0.2) is 0 Å². The van der Waals surface area contributed by atoms with E-state index in [2.05, 4.69) is 10.6 Å². The molecule has 0 spiro atoms. The van der Waals surface area contributed by atoms with Gasteiger partial charge in [0.25, 0.3) is 0 Å². The number of aldehydes is 1. The third-order valence-corrected chi connectivity index (χ3v) is 1.44. The van der Waals surface area contributed by atoms with Crippen LogP contribution in [0, 0.1) is 0 Å². The van der Waals surface area contributed by atoms with Crippen LogP contribution in [0.2, 0.25) is 0 Å². The van der Waals surface area contributed by atoms with E-state index in [-0.39, 0.29) is 17.5 Å². The molecule has 6 heteroatoms. The molecule has 0 unspecified atom stereocenters. The first kappa shape index (κ1) is 9.37. The first-order valence-electron chi connectivity index (χ1n) is 3.81. The zero-order chi connectivity index (χ0) is 9.84. The van der Waals surface area contributed by atoms with Crippen LogP contribution in [0.3, 0.4) is 0 Å². The van der Waals surface area contributed by atoms with Crippen molar-refractivity contribution >= 4 is 18.1 Å². The highest BCUT2D eigenvalue weighted by molar-refractivity contribution is 5.91. The number of carbonyl (C=O) groups is 2. The lowest BCUT2D eigenvalue weighted by atomic mass is 10.4. The average Bonchev–Trinajstić information content (AvgIpc) is 2.45. The van der Waals surface area contributed by atoms with Crippen molar-refractivity contribution in [2.75, 3.05) is 5.32 Å². The van der Waals surface area contributed by atoms with Crippen molar-refractivity contribution in [3.8, 4) is 0 Å². The molecule has 1 rings (SSSR count). The molecule has 0 aromatic carbocycles. The lowest BCUT2D eigenvalue weighted by Crippen LogP contribution is -2.38. The standard InChI is InChI=1S/C7H9N3O3/c1-3-10-6(4-11)7(13-9-10)8-5(2)12/h4H,3H2,1-2H3/p+1. The number of aryl methyl sites for hydroxylation is 1. The molecule has 6 nitrogen and oxygen atoms in total. The van der Waals surface area contributed by atoms with Gasteiger partial charge >= 0.3 is 11.6 Å². The predicted molar refractivity (Wildman–Crippen MR) is 42.1 cm³/mol. The van der Waals surface area contributed by atoms with E-state index in [1.165, 1.54) is 11.6 Å². The van der Waals surface area contributed by atoms with E-state index in [0.717, 1.165) is 0 Å². The first-order valence-corrected chi connectivity index (χ1v) is 3.81. The van der Waals surface area contributed by atoms with Crippen LogP contribution in [0.25, 0.3) is 0 Å². The Morgan fingerprint density at radius 2 is 2.46 bits per heavy atom. The van der Waals surface area contributed by atoms with Gasteiger partial charge in [-0.3, -0.25) is 19.4 Å². The van der Waals surface area contributed by atoms with Crippen LogP contribution in [0.15, 0.2) is 4.52 Å². The topological polar surface area (TPSA) is 76.1 Å². The summed E-state index contributed by atoms with van der Waals surface area (Å²) in [5, 5.41) is 5.91. The maximum atomic E-state index is 10.7. The monoisotopic (exact) mass is 184 g/mol. The van der Waals surface area contributed by atoms with E-state index in [4.69, 9.17) is 4.52 Å². The Kier molecular flexibility index (Phi) is 2.73. The van der Waals surface area contributed by atoms with E-state index in [9.17, 15) is 9.59 Å². The molecule has 0 fully saturated rings. The van der Waals surface area contributed by atoms with Crippen molar-refractivity contribution in [3.63, 3.8) is 0 Å². The Morgan fingerprint density at radius 3 is 2.92 bits per heavy atom. The normalized spacial score (nSPS) is 9.69. The number of anilines is 1. The summed E-state index contributed by atoms with van der Waals surface area (Å²) >= 11 is 0. The number of nitrogens with one attached hydrogen (secondary N) is 1. The van der Waals surface area contributed by atoms with Gasteiger partial charge in [0.15, 0.2) is 6.54 Å². The molecule has 0 saturated heterocycles. The maximum Gasteiger partial charge on any atom is 0.337 e. The molecule has 0 atom stereocenters. The number of rotatable bonds is 3. The van der Waals surface area contributed by atoms with Crippen molar-refractivity contribution < 1.29 is 18.8 Å². The smallest absolute Gasteiger partial charge is 0.291 e. The van der Waals surface area contributed by atoms with E-state index in [1.54, 1.807) is 0 Å². The van der Waals surface area contributed by atoms with Crippen LogP contribution < -0.4 is 10.00 Å². The lowest BCUT2D eigenvalue weighted by Gasteiger charge is -1.89. The third-order valence-electron chi connectivity index (χ3n) is 1.44. The summed E-state index contributed by atoms with van der Waals surface area (Å²) in [4.78, 5) is 21.2. The van der Waals surface area contributed by atoms with Gasteiger partial charge in [0.05, 0.1) is 0 Å². The molecule has 70 valence electrons. The zero-order valence-corrected chi connectivity index (χ0v) is 7.40.